The average molecular weight is 262 g/mol. The van der Waals surface area contributed by atoms with Crippen LogP contribution in [0.5, 0.6) is 5.75 Å². The number of aromatic hydroxyl groups is 1. The van der Waals surface area contributed by atoms with Gasteiger partial charge in [-0.15, -0.1) is 0 Å². The Morgan fingerprint density at radius 1 is 0.750 bits per heavy atom. The Hall–Kier alpha value is -2.28. The SMILES string of the molecule is CCCc1ccc2cc(-c3ccc(O)cc3)ccc2c1. The Morgan fingerprint density at radius 3 is 2.15 bits per heavy atom. The highest BCUT2D eigenvalue weighted by molar-refractivity contribution is 5.87. The van der Waals surface area contributed by atoms with Crippen molar-refractivity contribution in [3.8, 4) is 16.9 Å². The molecular formula is C19H18O. The zero-order chi connectivity index (χ0) is 13.9. The van der Waals surface area contributed by atoms with Crippen LogP contribution in [-0.2, 0) is 6.42 Å². The van der Waals surface area contributed by atoms with Crippen LogP contribution < -0.4 is 0 Å². The lowest BCUT2D eigenvalue weighted by molar-refractivity contribution is 0.475. The molecule has 0 heterocycles. The Balaban J connectivity index is 2.02. The average Bonchev–Trinajstić information content (AvgIpc) is 2.48. The number of hydrogen-bond acceptors (Lipinski definition) is 1. The third kappa shape index (κ3) is 2.53. The van der Waals surface area contributed by atoms with E-state index in [9.17, 15) is 5.11 Å². The van der Waals surface area contributed by atoms with Gasteiger partial charge in [0.05, 0.1) is 0 Å². The number of hydrogen-bond donors (Lipinski definition) is 1. The van der Waals surface area contributed by atoms with Crippen molar-refractivity contribution in [3.63, 3.8) is 0 Å². The fourth-order valence-corrected chi connectivity index (χ4v) is 2.57. The van der Waals surface area contributed by atoms with Crippen molar-refractivity contribution in [1.82, 2.24) is 0 Å². The molecular weight excluding hydrogens is 244 g/mol. The first-order valence-electron chi connectivity index (χ1n) is 7.08. The van der Waals surface area contributed by atoms with E-state index < -0.39 is 0 Å². The van der Waals surface area contributed by atoms with Gasteiger partial charge in [0.25, 0.3) is 0 Å². The number of phenolic OH excluding ortho intramolecular Hbond substituents is 1. The molecule has 3 aromatic carbocycles. The van der Waals surface area contributed by atoms with E-state index in [1.807, 2.05) is 12.1 Å². The molecule has 0 radical (unpaired) electrons. The fourth-order valence-electron chi connectivity index (χ4n) is 2.57. The van der Waals surface area contributed by atoms with Gasteiger partial charge in [-0.05, 0) is 52.1 Å². The molecule has 0 bridgehead atoms. The second-order valence-electron chi connectivity index (χ2n) is 5.19. The van der Waals surface area contributed by atoms with Crippen LogP contribution in [-0.4, -0.2) is 5.11 Å². The van der Waals surface area contributed by atoms with Crippen LogP contribution in [0.15, 0.2) is 60.7 Å². The molecule has 1 heteroatoms. The molecule has 0 aromatic heterocycles. The minimum atomic E-state index is 0.304. The second-order valence-corrected chi connectivity index (χ2v) is 5.19. The minimum Gasteiger partial charge on any atom is -0.508 e. The van der Waals surface area contributed by atoms with Crippen molar-refractivity contribution < 1.29 is 5.11 Å². The first-order chi connectivity index (χ1) is 9.76. The fraction of sp³-hybridized carbons (Fsp3) is 0.158. The molecule has 0 aliphatic heterocycles. The third-order valence-electron chi connectivity index (χ3n) is 3.64. The van der Waals surface area contributed by atoms with Crippen molar-refractivity contribution in [3.05, 3.63) is 66.2 Å². The summed E-state index contributed by atoms with van der Waals surface area (Å²) in [5, 5.41) is 11.9. The summed E-state index contributed by atoms with van der Waals surface area (Å²) in [6.07, 6.45) is 2.31. The van der Waals surface area contributed by atoms with Crippen LogP contribution in [0.25, 0.3) is 21.9 Å². The predicted molar refractivity (Wildman–Crippen MR) is 85.0 cm³/mol. The second kappa shape index (κ2) is 5.38. The summed E-state index contributed by atoms with van der Waals surface area (Å²) < 4.78 is 0. The summed E-state index contributed by atoms with van der Waals surface area (Å²) in [6, 6.07) is 20.6. The van der Waals surface area contributed by atoms with Gasteiger partial charge in [0.2, 0.25) is 0 Å². The third-order valence-corrected chi connectivity index (χ3v) is 3.64. The largest absolute Gasteiger partial charge is 0.508 e. The van der Waals surface area contributed by atoms with Gasteiger partial charge in [-0.2, -0.15) is 0 Å². The van der Waals surface area contributed by atoms with Crippen molar-refractivity contribution >= 4 is 10.8 Å². The lowest BCUT2D eigenvalue weighted by Gasteiger charge is -2.06. The van der Waals surface area contributed by atoms with Gasteiger partial charge in [0.15, 0.2) is 0 Å². The topological polar surface area (TPSA) is 20.2 Å². The van der Waals surface area contributed by atoms with Gasteiger partial charge in [-0.3, -0.25) is 0 Å². The number of phenols is 1. The molecule has 3 rings (SSSR count). The van der Waals surface area contributed by atoms with Crippen LogP contribution in [0.2, 0.25) is 0 Å². The molecule has 0 saturated carbocycles. The van der Waals surface area contributed by atoms with Crippen molar-refractivity contribution in [2.75, 3.05) is 0 Å². The van der Waals surface area contributed by atoms with Crippen LogP contribution in [0.4, 0.5) is 0 Å². The summed E-state index contributed by atoms with van der Waals surface area (Å²) >= 11 is 0. The van der Waals surface area contributed by atoms with Crippen molar-refractivity contribution in [2.24, 2.45) is 0 Å². The van der Waals surface area contributed by atoms with Gasteiger partial charge in [0.1, 0.15) is 5.75 Å². The van der Waals surface area contributed by atoms with Gasteiger partial charge in [-0.25, -0.2) is 0 Å². The van der Waals surface area contributed by atoms with Gasteiger partial charge >= 0.3 is 0 Å². The Kier molecular flexibility index (Phi) is 3.42. The summed E-state index contributed by atoms with van der Waals surface area (Å²) in [5.41, 5.74) is 3.71. The Bertz CT molecular complexity index is 726. The summed E-state index contributed by atoms with van der Waals surface area (Å²) in [6.45, 7) is 2.21. The smallest absolute Gasteiger partial charge is 0.115 e. The Morgan fingerprint density at radius 2 is 1.40 bits per heavy atom. The van der Waals surface area contributed by atoms with Crippen LogP contribution in [0.1, 0.15) is 18.9 Å². The highest BCUT2D eigenvalue weighted by atomic mass is 16.3. The summed E-state index contributed by atoms with van der Waals surface area (Å²) in [5.74, 6) is 0.304. The molecule has 100 valence electrons. The molecule has 1 N–H and O–H groups in total. The molecule has 20 heavy (non-hydrogen) atoms. The molecule has 0 saturated heterocycles. The van der Waals surface area contributed by atoms with E-state index in [-0.39, 0.29) is 0 Å². The lowest BCUT2D eigenvalue weighted by Crippen LogP contribution is -1.84. The molecule has 3 aromatic rings. The van der Waals surface area contributed by atoms with E-state index in [1.54, 1.807) is 12.1 Å². The van der Waals surface area contributed by atoms with Crippen molar-refractivity contribution in [1.29, 1.82) is 0 Å². The lowest BCUT2D eigenvalue weighted by atomic mass is 9.99. The standard InChI is InChI=1S/C19H18O/c1-2-3-14-4-5-18-13-17(7-6-16(18)12-14)15-8-10-19(20)11-9-15/h4-13,20H,2-3H2,1H3. The normalized spacial score (nSPS) is 10.8. The predicted octanol–water partition coefficient (Wildman–Crippen LogP) is 5.16. The minimum absolute atomic E-state index is 0.304. The molecule has 0 spiro atoms. The maximum absolute atomic E-state index is 9.36. The van der Waals surface area contributed by atoms with Gasteiger partial charge in [-0.1, -0.05) is 55.8 Å². The first kappa shape index (κ1) is 12.7. The summed E-state index contributed by atoms with van der Waals surface area (Å²) in [4.78, 5) is 0. The maximum Gasteiger partial charge on any atom is 0.115 e. The van der Waals surface area contributed by atoms with E-state index in [1.165, 1.54) is 28.3 Å². The molecule has 0 aliphatic rings. The molecule has 0 atom stereocenters. The quantitative estimate of drug-likeness (QED) is 0.690. The zero-order valence-electron chi connectivity index (χ0n) is 11.6. The van der Waals surface area contributed by atoms with E-state index in [0.717, 1.165) is 12.0 Å². The number of fused-ring (bicyclic) bond motifs is 1. The number of aryl methyl sites for hydroxylation is 1. The maximum atomic E-state index is 9.36. The van der Waals surface area contributed by atoms with E-state index in [2.05, 4.69) is 43.3 Å². The highest BCUT2D eigenvalue weighted by Gasteiger charge is 2.01. The zero-order valence-corrected chi connectivity index (χ0v) is 11.6. The molecule has 0 amide bonds. The Labute approximate surface area is 119 Å². The summed E-state index contributed by atoms with van der Waals surface area (Å²) in [7, 11) is 0. The highest BCUT2D eigenvalue weighted by Crippen LogP contribution is 2.26. The number of benzene rings is 3. The van der Waals surface area contributed by atoms with Crippen LogP contribution in [0, 0.1) is 0 Å². The van der Waals surface area contributed by atoms with E-state index in [0.29, 0.717) is 5.75 Å². The van der Waals surface area contributed by atoms with Crippen molar-refractivity contribution in [2.45, 2.75) is 19.8 Å². The molecule has 1 nitrogen and oxygen atoms in total. The van der Waals surface area contributed by atoms with E-state index >= 15 is 0 Å². The molecule has 0 fully saturated rings. The van der Waals surface area contributed by atoms with Crippen LogP contribution >= 0.6 is 0 Å². The van der Waals surface area contributed by atoms with Crippen LogP contribution in [0.3, 0.4) is 0 Å². The monoisotopic (exact) mass is 262 g/mol. The van der Waals surface area contributed by atoms with Gasteiger partial charge < -0.3 is 5.11 Å². The van der Waals surface area contributed by atoms with Gasteiger partial charge in [0, 0.05) is 0 Å². The first-order valence-corrected chi connectivity index (χ1v) is 7.08. The van der Waals surface area contributed by atoms with E-state index in [4.69, 9.17) is 0 Å². The molecule has 0 unspecified atom stereocenters. The number of rotatable bonds is 3. The molecule has 0 aliphatic carbocycles.